The Morgan fingerprint density at radius 2 is 1.47 bits per heavy atom. The van der Waals surface area contributed by atoms with Crippen LogP contribution in [-0.2, 0) is 5.41 Å². The number of allylic oxidation sites excluding steroid dienone is 4. The molecule has 1 atom stereocenters. The minimum atomic E-state index is -0.135. The van der Waals surface area contributed by atoms with E-state index in [0.717, 1.165) is 29.3 Å². The molecule has 2 aliphatic carbocycles. The predicted octanol–water partition coefficient (Wildman–Crippen LogP) is 11.6. The Kier molecular flexibility index (Phi) is 5.70. The molecule has 45 heavy (non-hydrogen) atoms. The molecule has 2 nitrogen and oxygen atoms in total. The standard InChI is InChI=1S/C43H33NO/c1-43(2)37-16-8-6-14-33(37)35-25-21-30-13-10-17-38(41(30)42(35)43)44(31-22-19-29(20-23-31)28-11-4-3-5-12-28)32-24-26-40-36(27-32)34-15-7-9-18-39(34)45-40/h3-14,16-27,34H,15H2,1-2H3. The fourth-order valence-electron chi connectivity index (χ4n) is 7.84. The van der Waals surface area contributed by atoms with Gasteiger partial charge >= 0.3 is 0 Å². The second-order valence-corrected chi connectivity index (χ2v) is 12.9. The summed E-state index contributed by atoms with van der Waals surface area (Å²) < 4.78 is 6.31. The summed E-state index contributed by atoms with van der Waals surface area (Å²) in [6.07, 6.45) is 7.42. The lowest BCUT2D eigenvalue weighted by Crippen LogP contribution is -2.17. The van der Waals surface area contributed by atoms with Gasteiger partial charge in [0, 0.05) is 33.7 Å². The molecule has 1 unspecified atom stereocenters. The van der Waals surface area contributed by atoms with E-state index in [1.54, 1.807) is 0 Å². The van der Waals surface area contributed by atoms with Crippen molar-refractivity contribution in [2.75, 3.05) is 4.90 Å². The van der Waals surface area contributed by atoms with Gasteiger partial charge in [0.15, 0.2) is 0 Å². The average Bonchev–Trinajstić information content (AvgIpc) is 3.57. The van der Waals surface area contributed by atoms with Crippen molar-refractivity contribution in [3.05, 3.63) is 168 Å². The highest BCUT2D eigenvalue weighted by atomic mass is 16.5. The molecule has 3 aliphatic rings. The van der Waals surface area contributed by atoms with E-state index in [1.165, 1.54) is 55.4 Å². The molecule has 0 fully saturated rings. The summed E-state index contributed by atoms with van der Waals surface area (Å²) in [5.41, 5.74) is 12.5. The number of fused-ring (bicyclic) bond motifs is 8. The van der Waals surface area contributed by atoms with E-state index in [2.05, 4.69) is 164 Å². The van der Waals surface area contributed by atoms with Crippen LogP contribution in [0.4, 0.5) is 17.1 Å². The Morgan fingerprint density at radius 3 is 2.33 bits per heavy atom. The van der Waals surface area contributed by atoms with E-state index < -0.39 is 0 Å². The van der Waals surface area contributed by atoms with Gasteiger partial charge < -0.3 is 9.64 Å². The molecule has 0 N–H and O–H groups in total. The molecule has 1 heterocycles. The molecule has 1 aliphatic heterocycles. The van der Waals surface area contributed by atoms with Crippen molar-refractivity contribution in [3.63, 3.8) is 0 Å². The van der Waals surface area contributed by atoms with Gasteiger partial charge in [-0.2, -0.15) is 0 Å². The first-order chi connectivity index (χ1) is 22.1. The number of anilines is 3. The molecule has 6 aromatic rings. The number of ether oxygens (including phenoxy) is 1. The van der Waals surface area contributed by atoms with Crippen molar-refractivity contribution < 1.29 is 4.74 Å². The lowest BCUT2D eigenvalue weighted by atomic mass is 9.79. The smallest absolute Gasteiger partial charge is 0.131 e. The Bertz CT molecular complexity index is 2190. The Hall–Kier alpha value is -5.34. The maximum atomic E-state index is 6.31. The molecule has 0 amide bonds. The minimum Gasteiger partial charge on any atom is -0.461 e. The van der Waals surface area contributed by atoms with Gasteiger partial charge in [0.05, 0.1) is 5.69 Å². The van der Waals surface area contributed by atoms with Gasteiger partial charge in [0.25, 0.3) is 0 Å². The zero-order chi connectivity index (χ0) is 30.1. The third-order valence-corrected chi connectivity index (χ3v) is 9.98. The second kappa shape index (κ2) is 9.84. The molecular weight excluding hydrogens is 546 g/mol. The van der Waals surface area contributed by atoms with E-state index in [1.807, 2.05) is 0 Å². The second-order valence-electron chi connectivity index (χ2n) is 12.9. The fourth-order valence-corrected chi connectivity index (χ4v) is 7.84. The fraction of sp³-hybridized carbons (Fsp3) is 0.116. The van der Waals surface area contributed by atoms with Gasteiger partial charge in [-0.3, -0.25) is 0 Å². The summed E-state index contributed by atoms with van der Waals surface area (Å²) in [5.74, 6) is 2.27. The van der Waals surface area contributed by atoms with Crippen molar-refractivity contribution in [1.82, 2.24) is 0 Å². The molecule has 6 aromatic carbocycles. The number of hydrogen-bond donors (Lipinski definition) is 0. The van der Waals surface area contributed by atoms with Crippen LogP contribution in [-0.4, -0.2) is 0 Å². The minimum absolute atomic E-state index is 0.135. The van der Waals surface area contributed by atoms with Crippen LogP contribution in [0.1, 0.15) is 42.9 Å². The summed E-state index contributed by atoms with van der Waals surface area (Å²) >= 11 is 0. The van der Waals surface area contributed by atoms with Crippen LogP contribution in [0.3, 0.4) is 0 Å². The van der Waals surface area contributed by atoms with Gasteiger partial charge in [0.1, 0.15) is 11.5 Å². The summed E-state index contributed by atoms with van der Waals surface area (Å²) in [4.78, 5) is 2.46. The number of benzene rings is 6. The molecule has 2 heteroatoms. The van der Waals surface area contributed by atoms with Crippen LogP contribution >= 0.6 is 0 Å². The van der Waals surface area contributed by atoms with Crippen LogP contribution in [0.2, 0.25) is 0 Å². The number of nitrogens with zero attached hydrogens (tertiary/aromatic N) is 1. The summed E-state index contributed by atoms with van der Waals surface area (Å²) in [7, 11) is 0. The first-order valence-electron chi connectivity index (χ1n) is 15.9. The zero-order valence-corrected chi connectivity index (χ0v) is 25.5. The van der Waals surface area contributed by atoms with E-state index in [9.17, 15) is 0 Å². The first kappa shape index (κ1) is 26.1. The van der Waals surface area contributed by atoms with Gasteiger partial charge in [-0.25, -0.2) is 0 Å². The highest BCUT2D eigenvalue weighted by Crippen LogP contribution is 2.54. The van der Waals surface area contributed by atoms with Crippen molar-refractivity contribution in [1.29, 1.82) is 0 Å². The van der Waals surface area contributed by atoms with E-state index >= 15 is 0 Å². The van der Waals surface area contributed by atoms with E-state index in [0.29, 0.717) is 0 Å². The summed E-state index contributed by atoms with van der Waals surface area (Å²) in [6.45, 7) is 4.76. The molecule has 0 aromatic heterocycles. The molecule has 0 saturated heterocycles. The molecule has 0 spiro atoms. The summed E-state index contributed by atoms with van der Waals surface area (Å²) in [6, 6.07) is 46.7. The molecular formula is C43H33NO. The van der Waals surface area contributed by atoms with Gasteiger partial charge in [0.2, 0.25) is 0 Å². The van der Waals surface area contributed by atoms with Crippen LogP contribution in [0.15, 0.2) is 151 Å². The van der Waals surface area contributed by atoms with E-state index in [-0.39, 0.29) is 11.3 Å². The lowest BCUT2D eigenvalue weighted by Gasteiger charge is -2.30. The SMILES string of the molecule is CC1(C)c2ccccc2-c2ccc3cccc(N(c4ccc(-c5ccccc5)cc4)c4ccc5c(c4)C4CC=CC=C4O5)c3c21. The van der Waals surface area contributed by atoms with Gasteiger partial charge in [-0.15, -0.1) is 0 Å². The Labute approximate surface area is 264 Å². The lowest BCUT2D eigenvalue weighted by molar-refractivity contribution is 0.425. The average molecular weight is 580 g/mol. The van der Waals surface area contributed by atoms with Crippen molar-refractivity contribution >= 4 is 27.8 Å². The van der Waals surface area contributed by atoms with Crippen LogP contribution in [0.5, 0.6) is 5.75 Å². The zero-order valence-electron chi connectivity index (χ0n) is 25.5. The Balaban J connectivity index is 1.28. The third kappa shape index (κ3) is 3.95. The van der Waals surface area contributed by atoms with Crippen molar-refractivity contribution in [3.8, 4) is 28.0 Å². The molecule has 9 rings (SSSR count). The molecule has 216 valence electrons. The van der Waals surface area contributed by atoms with Gasteiger partial charge in [-0.05, 0) is 87.7 Å². The van der Waals surface area contributed by atoms with Crippen LogP contribution in [0, 0.1) is 0 Å². The normalized spacial score (nSPS) is 16.8. The third-order valence-electron chi connectivity index (χ3n) is 9.98. The van der Waals surface area contributed by atoms with Crippen molar-refractivity contribution in [2.45, 2.75) is 31.6 Å². The van der Waals surface area contributed by atoms with Crippen LogP contribution < -0.4 is 9.64 Å². The Morgan fingerprint density at radius 1 is 0.689 bits per heavy atom. The molecule has 0 bridgehead atoms. The van der Waals surface area contributed by atoms with Crippen LogP contribution in [0.25, 0.3) is 33.0 Å². The predicted molar refractivity (Wildman–Crippen MR) is 187 cm³/mol. The number of rotatable bonds is 4. The van der Waals surface area contributed by atoms with Gasteiger partial charge in [-0.1, -0.05) is 117 Å². The quantitative estimate of drug-likeness (QED) is 0.206. The largest absolute Gasteiger partial charge is 0.461 e. The molecule has 0 radical (unpaired) electrons. The topological polar surface area (TPSA) is 12.5 Å². The highest BCUT2D eigenvalue weighted by molar-refractivity contribution is 6.06. The first-order valence-corrected chi connectivity index (χ1v) is 15.9. The summed E-state index contributed by atoms with van der Waals surface area (Å²) in [5, 5.41) is 2.56. The monoisotopic (exact) mass is 579 g/mol. The maximum absolute atomic E-state index is 6.31. The molecule has 0 saturated carbocycles. The van der Waals surface area contributed by atoms with Crippen molar-refractivity contribution in [2.24, 2.45) is 0 Å². The maximum Gasteiger partial charge on any atom is 0.131 e. The number of hydrogen-bond acceptors (Lipinski definition) is 2. The van der Waals surface area contributed by atoms with E-state index in [4.69, 9.17) is 4.74 Å². The highest BCUT2D eigenvalue weighted by Gasteiger charge is 2.38.